The predicted molar refractivity (Wildman–Crippen MR) is 84.8 cm³/mol. The lowest BCUT2D eigenvalue weighted by Crippen LogP contribution is -2.46. The summed E-state index contributed by atoms with van der Waals surface area (Å²) in [5.74, 6) is 0.354. The van der Waals surface area contributed by atoms with E-state index in [2.05, 4.69) is 4.72 Å². The van der Waals surface area contributed by atoms with Gasteiger partial charge in [-0.1, -0.05) is 6.92 Å². The number of nitrogens with zero attached hydrogens (tertiary/aromatic N) is 1. The van der Waals surface area contributed by atoms with Crippen LogP contribution < -0.4 is 9.46 Å². The molecule has 1 fully saturated rings. The maximum Gasteiger partial charge on any atom is 0.263 e. The van der Waals surface area contributed by atoms with Crippen molar-refractivity contribution < 1.29 is 22.7 Å². The van der Waals surface area contributed by atoms with Crippen molar-refractivity contribution in [2.75, 3.05) is 32.8 Å². The van der Waals surface area contributed by atoms with Crippen molar-refractivity contribution in [2.45, 2.75) is 24.8 Å². The van der Waals surface area contributed by atoms with Crippen LogP contribution in [0.3, 0.4) is 0 Å². The number of nitrogens with one attached hydrogen (secondary N) is 1. The molecule has 1 aliphatic heterocycles. The normalized spacial score (nSPS) is 16.9. The molecule has 1 heterocycles. The molecule has 1 saturated heterocycles. The first-order valence-electron chi connectivity index (χ1n) is 7.57. The van der Waals surface area contributed by atoms with Crippen LogP contribution in [0.15, 0.2) is 29.2 Å². The van der Waals surface area contributed by atoms with Gasteiger partial charge < -0.3 is 14.4 Å². The van der Waals surface area contributed by atoms with E-state index in [1.165, 1.54) is 12.1 Å². The van der Waals surface area contributed by atoms with Crippen molar-refractivity contribution in [2.24, 2.45) is 0 Å². The fourth-order valence-corrected chi connectivity index (χ4v) is 3.31. The van der Waals surface area contributed by atoms with Gasteiger partial charge in [-0.05, 0) is 31.2 Å². The third-order valence-electron chi connectivity index (χ3n) is 3.45. The Morgan fingerprint density at radius 2 is 1.91 bits per heavy atom. The second-order valence-corrected chi connectivity index (χ2v) is 6.94. The Kier molecular flexibility index (Phi) is 5.97. The third-order valence-corrected chi connectivity index (χ3v) is 5.01. The highest BCUT2D eigenvalue weighted by Crippen LogP contribution is 2.17. The Labute approximate surface area is 136 Å². The molecule has 8 heteroatoms. The molecule has 0 unspecified atom stereocenters. The number of hydrogen-bond donors (Lipinski definition) is 1. The average Bonchev–Trinajstić information content (AvgIpc) is 2.55. The van der Waals surface area contributed by atoms with Gasteiger partial charge in [-0.25, -0.2) is 13.1 Å². The van der Waals surface area contributed by atoms with Crippen molar-refractivity contribution in [3.8, 4) is 5.75 Å². The van der Waals surface area contributed by atoms with Crippen molar-refractivity contribution in [1.82, 2.24) is 9.62 Å². The number of carbonyl (C=O) groups excluding carboxylic acids is 1. The summed E-state index contributed by atoms with van der Waals surface area (Å²) in [6.45, 7) is 5.92. The molecule has 1 atom stereocenters. The number of ether oxygens (including phenoxy) is 2. The summed E-state index contributed by atoms with van der Waals surface area (Å²) in [5.41, 5.74) is 0. The molecule has 7 nitrogen and oxygen atoms in total. The third kappa shape index (κ3) is 4.66. The number of hydrogen-bond acceptors (Lipinski definition) is 5. The predicted octanol–water partition coefficient (Wildman–Crippen LogP) is 0.611. The van der Waals surface area contributed by atoms with Gasteiger partial charge in [-0.2, -0.15) is 0 Å². The van der Waals surface area contributed by atoms with Gasteiger partial charge in [0.2, 0.25) is 10.0 Å². The van der Waals surface area contributed by atoms with Gasteiger partial charge in [-0.3, -0.25) is 4.79 Å². The number of benzene rings is 1. The Morgan fingerprint density at radius 1 is 1.30 bits per heavy atom. The number of rotatable bonds is 6. The van der Waals surface area contributed by atoms with Crippen LogP contribution in [0, 0.1) is 0 Å². The Balaban J connectivity index is 1.98. The molecule has 2 rings (SSSR count). The Hall–Kier alpha value is -1.64. The zero-order valence-electron chi connectivity index (χ0n) is 13.3. The molecule has 1 amide bonds. The first kappa shape index (κ1) is 17.7. The molecule has 0 radical (unpaired) electrons. The van der Waals surface area contributed by atoms with Gasteiger partial charge in [0.15, 0.2) is 6.10 Å². The molecule has 0 aliphatic carbocycles. The fraction of sp³-hybridized carbons (Fsp3) is 0.533. The Morgan fingerprint density at radius 3 is 2.48 bits per heavy atom. The first-order valence-corrected chi connectivity index (χ1v) is 9.05. The molecule has 0 bridgehead atoms. The van der Waals surface area contributed by atoms with Crippen LogP contribution in [-0.2, 0) is 19.6 Å². The van der Waals surface area contributed by atoms with Crippen LogP contribution in [-0.4, -0.2) is 58.2 Å². The molecule has 1 aromatic rings. The molecule has 1 aliphatic rings. The zero-order valence-corrected chi connectivity index (χ0v) is 14.1. The van der Waals surface area contributed by atoms with E-state index in [1.807, 2.05) is 0 Å². The Bertz CT molecular complexity index is 624. The molecular formula is C15H22N2O5S. The monoisotopic (exact) mass is 342 g/mol. The summed E-state index contributed by atoms with van der Waals surface area (Å²) < 4.78 is 37.0. The van der Waals surface area contributed by atoms with Crippen molar-refractivity contribution in [1.29, 1.82) is 0 Å². The van der Waals surface area contributed by atoms with E-state index in [0.29, 0.717) is 38.6 Å². The van der Waals surface area contributed by atoms with E-state index in [1.54, 1.807) is 30.9 Å². The van der Waals surface area contributed by atoms with Crippen molar-refractivity contribution in [3.63, 3.8) is 0 Å². The molecule has 0 spiro atoms. The molecular weight excluding hydrogens is 320 g/mol. The van der Waals surface area contributed by atoms with Crippen LogP contribution in [0.1, 0.15) is 13.8 Å². The topological polar surface area (TPSA) is 84.9 Å². The molecule has 23 heavy (non-hydrogen) atoms. The summed E-state index contributed by atoms with van der Waals surface area (Å²) >= 11 is 0. The van der Waals surface area contributed by atoms with Crippen LogP contribution in [0.2, 0.25) is 0 Å². The number of carbonyl (C=O) groups is 1. The van der Waals surface area contributed by atoms with Crippen LogP contribution in [0.4, 0.5) is 0 Å². The standard InChI is InChI=1S/C15H22N2O5S/c1-3-16-23(19,20)14-6-4-13(5-7-14)22-12(2)15(18)17-8-10-21-11-9-17/h4-7,12,16H,3,8-11H2,1-2H3/t12-/m1/s1. The maximum atomic E-state index is 12.3. The second kappa shape index (κ2) is 7.76. The van der Waals surface area contributed by atoms with Gasteiger partial charge in [0.05, 0.1) is 18.1 Å². The molecule has 0 saturated carbocycles. The molecule has 1 aromatic carbocycles. The zero-order chi connectivity index (χ0) is 16.9. The van der Waals surface area contributed by atoms with Crippen molar-refractivity contribution >= 4 is 15.9 Å². The summed E-state index contributed by atoms with van der Waals surface area (Å²) in [7, 11) is -3.48. The van der Waals surface area contributed by atoms with Gasteiger partial charge in [-0.15, -0.1) is 0 Å². The highest BCUT2D eigenvalue weighted by atomic mass is 32.2. The SMILES string of the molecule is CCNS(=O)(=O)c1ccc(O[C@H](C)C(=O)N2CCOCC2)cc1. The van der Waals surface area contributed by atoms with E-state index < -0.39 is 16.1 Å². The van der Waals surface area contributed by atoms with Crippen molar-refractivity contribution in [3.05, 3.63) is 24.3 Å². The summed E-state index contributed by atoms with van der Waals surface area (Å²) in [6.07, 6.45) is -0.635. The van der Waals surface area contributed by atoms with E-state index in [9.17, 15) is 13.2 Å². The minimum absolute atomic E-state index is 0.0994. The molecule has 1 N–H and O–H groups in total. The summed E-state index contributed by atoms with van der Waals surface area (Å²) in [5, 5.41) is 0. The summed E-state index contributed by atoms with van der Waals surface area (Å²) in [6, 6.07) is 6.01. The van der Waals surface area contributed by atoms with Gasteiger partial charge in [0, 0.05) is 19.6 Å². The number of amides is 1. The number of morpholine rings is 1. The van der Waals surface area contributed by atoms with E-state index in [0.717, 1.165) is 0 Å². The first-order chi connectivity index (χ1) is 10.9. The van der Waals surface area contributed by atoms with Crippen LogP contribution in [0.25, 0.3) is 0 Å². The molecule has 0 aromatic heterocycles. The summed E-state index contributed by atoms with van der Waals surface area (Å²) in [4.78, 5) is 14.1. The lowest BCUT2D eigenvalue weighted by atomic mass is 10.3. The minimum Gasteiger partial charge on any atom is -0.481 e. The molecule has 128 valence electrons. The van der Waals surface area contributed by atoms with Gasteiger partial charge in [0.25, 0.3) is 5.91 Å². The number of sulfonamides is 1. The second-order valence-electron chi connectivity index (χ2n) is 5.17. The minimum atomic E-state index is -3.48. The van der Waals surface area contributed by atoms with Crippen LogP contribution >= 0.6 is 0 Å². The van der Waals surface area contributed by atoms with Crippen LogP contribution in [0.5, 0.6) is 5.75 Å². The van der Waals surface area contributed by atoms with Gasteiger partial charge in [0.1, 0.15) is 5.75 Å². The van der Waals surface area contributed by atoms with E-state index in [4.69, 9.17) is 9.47 Å². The average molecular weight is 342 g/mol. The largest absolute Gasteiger partial charge is 0.481 e. The van der Waals surface area contributed by atoms with E-state index in [-0.39, 0.29) is 10.8 Å². The fourth-order valence-electron chi connectivity index (χ4n) is 2.27. The smallest absolute Gasteiger partial charge is 0.263 e. The quantitative estimate of drug-likeness (QED) is 0.819. The maximum absolute atomic E-state index is 12.3. The highest BCUT2D eigenvalue weighted by molar-refractivity contribution is 7.89. The lowest BCUT2D eigenvalue weighted by molar-refractivity contribution is -0.142. The van der Waals surface area contributed by atoms with E-state index >= 15 is 0 Å². The highest BCUT2D eigenvalue weighted by Gasteiger charge is 2.24. The lowest BCUT2D eigenvalue weighted by Gasteiger charge is -2.29. The van der Waals surface area contributed by atoms with Gasteiger partial charge >= 0.3 is 0 Å².